The van der Waals surface area contributed by atoms with Crippen LogP contribution in [0.2, 0.25) is 5.02 Å². The summed E-state index contributed by atoms with van der Waals surface area (Å²) in [6.45, 7) is 3.34. The highest BCUT2D eigenvalue weighted by Crippen LogP contribution is 2.16. The van der Waals surface area contributed by atoms with Gasteiger partial charge in [0.05, 0.1) is 10.6 Å². The number of nitrogens with zero attached hydrogens (tertiary/aromatic N) is 2. The van der Waals surface area contributed by atoms with E-state index in [4.69, 9.17) is 23.2 Å². The summed E-state index contributed by atoms with van der Waals surface area (Å²) in [5.41, 5.74) is 0.489. The van der Waals surface area contributed by atoms with Crippen molar-refractivity contribution in [3.63, 3.8) is 0 Å². The lowest BCUT2D eigenvalue weighted by Crippen LogP contribution is -2.33. The number of carbonyl (C=O) groups is 1. The summed E-state index contributed by atoms with van der Waals surface area (Å²) in [6, 6.07) is 1.64. The predicted molar refractivity (Wildman–Crippen MR) is 70.8 cm³/mol. The van der Waals surface area contributed by atoms with E-state index in [0.29, 0.717) is 29.6 Å². The second kappa shape index (κ2) is 7.51. The minimum atomic E-state index is -0.0773. The van der Waals surface area contributed by atoms with Crippen LogP contribution in [0.5, 0.6) is 0 Å². The quantitative estimate of drug-likeness (QED) is 0.747. The molecule has 0 unspecified atom stereocenters. The molecule has 17 heavy (non-hydrogen) atoms. The zero-order valence-electron chi connectivity index (χ0n) is 9.83. The fraction of sp³-hybridized carbons (Fsp3) is 0.500. The van der Waals surface area contributed by atoms with Gasteiger partial charge in [-0.05, 0) is 12.5 Å². The number of hydrogen-bond acceptors (Lipinski definition) is 2. The van der Waals surface area contributed by atoms with E-state index in [-0.39, 0.29) is 5.91 Å². The topological polar surface area (TPSA) is 33.2 Å². The van der Waals surface area contributed by atoms with Crippen molar-refractivity contribution < 1.29 is 4.79 Å². The fourth-order valence-electron chi connectivity index (χ4n) is 1.48. The monoisotopic (exact) mass is 274 g/mol. The first kappa shape index (κ1) is 14.3. The van der Waals surface area contributed by atoms with Crippen LogP contribution < -0.4 is 0 Å². The largest absolute Gasteiger partial charge is 0.337 e. The molecular weight excluding hydrogens is 259 g/mol. The predicted octanol–water partition coefficient (Wildman–Crippen LogP) is 3.22. The van der Waals surface area contributed by atoms with Gasteiger partial charge in [-0.15, -0.1) is 11.6 Å². The first-order valence-corrected chi connectivity index (χ1v) is 6.56. The van der Waals surface area contributed by atoms with Crippen molar-refractivity contribution in [3.8, 4) is 0 Å². The Bertz CT molecular complexity index is 371. The number of unbranched alkanes of at least 4 members (excludes halogenated alkanes) is 1. The SMILES string of the molecule is CCCCN(CCCl)C(=O)c1ccncc1Cl. The summed E-state index contributed by atoms with van der Waals surface area (Å²) in [7, 11) is 0. The minimum Gasteiger partial charge on any atom is -0.337 e. The Kier molecular flexibility index (Phi) is 6.30. The van der Waals surface area contributed by atoms with Gasteiger partial charge < -0.3 is 4.90 Å². The first-order valence-electron chi connectivity index (χ1n) is 5.65. The van der Waals surface area contributed by atoms with Gasteiger partial charge in [0, 0.05) is 31.4 Å². The summed E-state index contributed by atoms with van der Waals surface area (Å²) in [5.74, 6) is 0.351. The molecule has 0 fully saturated rings. The fourth-order valence-corrected chi connectivity index (χ4v) is 1.89. The van der Waals surface area contributed by atoms with Crippen molar-refractivity contribution in [2.24, 2.45) is 0 Å². The molecule has 0 aliphatic heterocycles. The molecule has 0 spiro atoms. The van der Waals surface area contributed by atoms with Crippen molar-refractivity contribution in [1.82, 2.24) is 9.88 Å². The molecule has 0 aliphatic rings. The zero-order valence-corrected chi connectivity index (χ0v) is 11.3. The number of halogens is 2. The lowest BCUT2D eigenvalue weighted by atomic mass is 10.2. The number of alkyl halides is 1. The Labute approximate surface area is 112 Å². The van der Waals surface area contributed by atoms with Crippen LogP contribution in [0.15, 0.2) is 18.5 Å². The summed E-state index contributed by atoms with van der Waals surface area (Å²) >= 11 is 11.7. The maximum atomic E-state index is 12.2. The average molecular weight is 275 g/mol. The highest BCUT2D eigenvalue weighted by Gasteiger charge is 2.17. The second-order valence-electron chi connectivity index (χ2n) is 3.69. The normalized spacial score (nSPS) is 10.3. The van der Waals surface area contributed by atoms with Crippen LogP contribution in [0.1, 0.15) is 30.1 Å². The zero-order chi connectivity index (χ0) is 12.7. The van der Waals surface area contributed by atoms with E-state index >= 15 is 0 Å². The van der Waals surface area contributed by atoms with Crippen molar-refractivity contribution in [3.05, 3.63) is 29.0 Å². The Morgan fingerprint density at radius 3 is 2.82 bits per heavy atom. The Morgan fingerprint density at radius 1 is 1.47 bits per heavy atom. The summed E-state index contributed by atoms with van der Waals surface area (Å²) < 4.78 is 0. The molecule has 1 rings (SSSR count). The molecule has 1 heterocycles. The van der Waals surface area contributed by atoms with Crippen LogP contribution >= 0.6 is 23.2 Å². The van der Waals surface area contributed by atoms with Crippen LogP contribution in [-0.2, 0) is 0 Å². The van der Waals surface area contributed by atoms with Gasteiger partial charge in [0.2, 0.25) is 0 Å². The van der Waals surface area contributed by atoms with Crippen LogP contribution in [0.25, 0.3) is 0 Å². The van der Waals surface area contributed by atoms with Crippen molar-refractivity contribution in [2.45, 2.75) is 19.8 Å². The average Bonchev–Trinajstić information content (AvgIpc) is 2.34. The molecule has 0 radical (unpaired) electrons. The van der Waals surface area contributed by atoms with Crippen LogP contribution in [-0.4, -0.2) is 34.8 Å². The number of carbonyl (C=O) groups excluding carboxylic acids is 1. The lowest BCUT2D eigenvalue weighted by molar-refractivity contribution is 0.0763. The number of amides is 1. The molecule has 0 saturated carbocycles. The molecule has 0 aliphatic carbocycles. The smallest absolute Gasteiger partial charge is 0.255 e. The summed E-state index contributed by atoms with van der Waals surface area (Å²) in [6.07, 6.45) is 5.05. The number of rotatable bonds is 6. The van der Waals surface area contributed by atoms with Gasteiger partial charge in [-0.25, -0.2) is 0 Å². The molecule has 0 aromatic carbocycles. The molecule has 0 bridgehead atoms. The van der Waals surface area contributed by atoms with E-state index in [1.54, 1.807) is 17.2 Å². The van der Waals surface area contributed by atoms with E-state index in [1.165, 1.54) is 6.20 Å². The summed E-state index contributed by atoms with van der Waals surface area (Å²) in [4.78, 5) is 17.8. The van der Waals surface area contributed by atoms with Crippen molar-refractivity contribution >= 4 is 29.1 Å². The maximum Gasteiger partial charge on any atom is 0.255 e. The van der Waals surface area contributed by atoms with Gasteiger partial charge in [0.15, 0.2) is 0 Å². The van der Waals surface area contributed by atoms with Gasteiger partial charge in [-0.2, -0.15) is 0 Å². The molecule has 3 nitrogen and oxygen atoms in total. The highest BCUT2D eigenvalue weighted by atomic mass is 35.5. The molecule has 1 amide bonds. The Morgan fingerprint density at radius 2 is 2.24 bits per heavy atom. The van der Waals surface area contributed by atoms with Gasteiger partial charge in [0.25, 0.3) is 5.91 Å². The Balaban J connectivity index is 2.80. The van der Waals surface area contributed by atoms with E-state index in [9.17, 15) is 4.79 Å². The van der Waals surface area contributed by atoms with Crippen molar-refractivity contribution in [1.29, 1.82) is 0 Å². The maximum absolute atomic E-state index is 12.2. The lowest BCUT2D eigenvalue weighted by Gasteiger charge is -2.21. The van der Waals surface area contributed by atoms with E-state index in [0.717, 1.165) is 12.8 Å². The second-order valence-corrected chi connectivity index (χ2v) is 4.48. The number of aromatic nitrogens is 1. The standard InChI is InChI=1S/C12H16Cl2N2O/c1-2-3-7-16(8-5-13)12(17)10-4-6-15-9-11(10)14/h4,6,9H,2-3,5,7-8H2,1H3. The molecule has 0 N–H and O–H groups in total. The van der Waals surface area contributed by atoms with Gasteiger partial charge >= 0.3 is 0 Å². The third-order valence-electron chi connectivity index (χ3n) is 2.43. The molecule has 94 valence electrons. The van der Waals surface area contributed by atoms with Crippen LogP contribution in [0.3, 0.4) is 0 Å². The third kappa shape index (κ3) is 4.17. The molecule has 5 heteroatoms. The van der Waals surface area contributed by atoms with Crippen molar-refractivity contribution in [2.75, 3.05) is 19.0 Å². The molecule has 0 atom stereocenters. The van der Waals surface area contributed by atoms with E-state index in [2.05, 4.69) is 11.9 Å². The Hall–Kier alpha value is -0.800. The molecule has 1 aromatic rings. The number of hydrogen-bond donors (Lipinski definition) is 0. The molecule has 1 aromatic heterocycles. The third-order valence-corrected chi connectivity index (χ3v) is 2.90. The van der Waals surface area contributed by atoms with E-state index in [1.807, 2.05) is 0 Å². The number of pyridine rings is 1. The minimum absolute atomic E-state index is 0.0773. The van der Waals surface area contributed by atoms with Crippen LogP contribution in [0.4, 0.5) is 0 Å². The van der Waals surface area contributed by atoms with Gasteiger partial charge in [0.1, 0.15) is 0 Å². The van der Waals surface area contributed by atoms with E-state index < -0.39 is 0 Å². The molecular formula is C12H16Cl2N2O. The molecule has 0 saturated heterocycles. The van der Waals surface area contributed by atoms with Gasteiger partial charge in [-0.3, -0.25) is 9.78 Å². The first-order chi connectivity index (χ1) is 8.20. The van der Waals surface area contributed by atoms with Gasteiger partial charge in [-0.1, -0.05) is 24.9 Å². The summed E-state index contributed by atoms with van der Waals surface area (Å²) in [5, 5.41) is 0.383. The highest BCUT2D eigenvalue weighted by molar-refractivity contribution is 6.33. The van der Waals surface area contributed by atoms with Crippen LogP contribution in [0, 0.1) is 0 Å².